The number of aromatic nitrogens is 1. The Morgan fingerprint density at radius 3 is 3.11 bits per heavy atom. The molecule has 0 aliphatic carbocycles. The molecule has 2 heterocycles. The van der Waals surface area contributed by atoms with E-state index in [9.17, 15) is 0 Å². The van der Waals surface area contributed by atoms with Gasteiger partial charge in [-0.1, -0.05) is 20.3 Å². The van der Waals surface area contributed by atoms with Crippen LogP contribution in [-0.4, -0.2) is 35.6 Å². The smallest absolute Gasteiger partial charge is 0.0410 e. The topological polar surface area (TPSA) is 28.2 Å². The molecule has 0 aromatic carbocycles. The summed E-state index contributed by atoms with van der Waals surface area (Å²) in [5, 5.41) is 3.63. The first-order valence-corrected chi connectivity index (χ1v) is 7.53. The highest BCUT2D eigenvalue weighted by molar-refractivity contribution is 9.10. The summed E-state index contributed by atoms with van der Waals surface area (Å²) >= 11 is 3.48. The normalized spacial score (nSPS) is 22.9. The van der Waals surface area contributed by atoms with E-state index in [1.165, 1.54) is 12.0 Å². The van der Waals surface area contributed by atoms with E-state index < -0.39 is 0 Å². The Morgan fingerprint density at radius 1 is 1.56 bits per heavy atom. The van der Waals surface area contributed by atoms with Crippen molar-refractivity contribution in [3.8, 4) is 0 Å². The van der Waals surface area contributed by atoms with Crippen LogP contribution in [0.25, 0.3) is 0 Å². The van der Waals surface area contributed by atoms with Gasteiger partial charge in [-0.2, -0.15) is 0 Å². The zero-order valence-corrected chi connectivity index (χ0v) is 12.8. The largest absolute Gasteiger partial charge is 0.311 e. The molecule has 0 saturated carbocycles. The average molecular weight is 312 g/mol. The van der Waals surface area contributed by atoms with E-state index in [1.54, 1.807) is 0 Å². The lowest BCUT2D eigenvalue weighted by molar-refractivity contribution is 0.162. The second-order valence-electron chi connectivity index (χ2n) is 5.19. The van der Waals surface area contributed by atoms with E-state index in [1.807, 2.05) is 12.4 Å². The Balaban J connectivity index is 1.93. The monoisotopic (exact) mass is 311 g/mol. The molecule has 3 nitrogen and oxygen atoms in total. The Bertz CT molecular complexity index is 383. The van der Waals surface area contributed by atoms with Crippen LogP contribution in [-0.2, 0) is 6.54 Å². The molecule has 0 amide bonds. The summed E-state index contributed by atoms with van der Waals surface area (Å²) < 4.78 is 1.06. The van der Waals surface area contributed by atoms with Crippen LogP contribution in [0.15, 0.2) is 22.9 Å². The molecule has 1 aliphatic heterocycles. The first kappa shape index (κ1) is 14.0. The minimum atomic E-state index is 0.629. The molecule has 2 atom stereocenters. The standard InChI is InChI=1S/C14H22BrN3/c1-3-11(2)14-10-18(5-4-17-14)9-12-6-13(15)8-16-7-12/h6-8,11,14,17H,3-5,9-10H2,1-2H3. The Kier molecular flexibility index (Phi) is 5.15. The number of hydrogen-bond donors (Lipinski definition) is 1. The van der Waals surface area contributed by atoms with Gasteiger partial charge in [0.2, 0.25) is 0 Å². The maximum Gasteiger partial charge on any atom is 0.0410 e. The second-order valence-corrected chi connectivity index (χ2v) is 6.11. The van der Waals surface area contributed by atoms with E-state index in [0.29, 0.717) is 6.04 Å². The zero-order chi connectivity index (χ0) is 13.0. The SMILES string of the molecule is CCC(C)C1CN(Cc2cncc(Br)c2)CCN1. The molecule has 1 aromatic heterocycles. The fourth-order valence-corrected chi connectivity index (χ4v) is 2.86. The highest BCUT2D eigenvalue weighted by atomic mass is 79.9. The maximum atomic E-state index is 4.23. The molecular formula is C14H22BrN3. The Labute approximate surface area is 118 Å². The lowest BCUT2D eigenvalue weighted by atomic mass is 9.97. The quantitative estimate of drug-likeness (QED) is 0.926. The van der Waals surface area contributed by atoms with Crippen molar-refractivity contribution in [2.24, 2.45) is 5.92 Å². The van der Waals surface area contributed by atoms with Crippen LogP contribution in [0.4, 0.5) is 0 Å². The fraction of sp³-hybridized carbons (Fsp3) is 0.643. The zero-order valence-electron chi connectivity index (χ0n) is 11.2. The molecule has 4 heteroatoms. The number of rotatable bonds is 4. The minimum absolute atomic E-state index is 0.629. The number of piperazine rings is 1. The number of halogens is 1. The molecule has 0 bridgehead atoms. The molecule has 0 spiro atoms. The van der Waals surface area contributed by atoms with Gasteiger partial charge in [-0.05, 0) is 33.5 Å². The number of nitrogens with zero attached hydrogens (tertiary/aromatic N) is 2. The van der Waals surface area contributed by atoms with Gasteiger partial charge in [0.05, 0.1) is 0 Å². The molecule has 2 rings (SSSR count). The van der Waals surface area contributed by atoms with Gasteiger partial charge in [0, 0.05) is 49.1 Å². The minimum Gasteiger partial charge on any atom is -0.311 e. The van der Waals surface area contributed by atoms with Gasteiger partial charge < -0.3 is 5.32 Å². The number of hydrogen-bond acceptors (Lipinski definition) is 3. The molecular weight excluding hydrogens is 290 g/mol. The summed E-state index contributed by atoms with van der Waals surface area (Å²) in [5.41, 5.74) is 1.29. The van der Waals surface area contributed by atoms with Gasteiger partial charge >= 0.3 is 0 Å². The van der Waals surface area contributed by atoms with Crippen molar-refractivity contribution in [3.05, 3.63) is 28.5 Å². The van der Waals surface area contributed by atoms with Crippen molar-refractivity contribution >= 4 is 15.9 Å². The maximum absolute atomic E-state index is 4.23. The van der Waals surface area contributed by atoms with Crippen LogP contribution in [0, 0.1) is 5.92 Å². The van der Waals surface area contributed by atoms with Gasteiger partial charge in [-0.25, -0.2) is 0 Å². The predicted octanol–water partition coefficient (Wildman–Crippen LogP) is 2.66. The summed E-state index contributed by atoms with van der Waals surface area (Å²) in [4.78, 5) is 6.76. The lowest BCUT2D eigenvalue weighted by Crippen LogP contribution is -2.52. The molecule has 18 heavy (non-hydrogen) atoms. The molecule has 100 valence electrons. The van der Waals surface area contributed by atoms with E-state index in [0.717, 1.165) is 36.6 Å². The number of pyridine rings is 1. The molecule has 0 radical (unpaired) electrons. The van der Waals surface area contributed by atoms with E-state index in [2.05, 4.69) is 51.0 Å². The van der Waals surface area contributed by atoms with E-state index in [4.69, 9.17) is 0 Å². The second kappa shape index (κ2) is 6.64. The van der Waals surface area contributed by atoms with Crippen LogP contribution in [0.5, 0.6) is 0 Å². The van der Waals surface area contributed by atoms with Gasteiger partial charge in [0.15, 0.2) is 0 Å². The summed E-state index contributed by atoms with van der Waals surface area (Å²) in [6.07, 6.45) is 5.04. The lowest BCUT2D eigenvalue weighted by Gasteiger charge is -2.36. The number of nitrogens with one attached hydrogen (secondary N) is 1. The van der Waals surface area contributed by atoms with Crippen LogP contribution < -0.4 is 5.32 Å². The molecule has 1 saturated heterocycles. The van der Waals surface area contributed by atoms with Crippen molar-refractivity contribution in [3.63, 3.8) is 0 Å². The van der Waals surface area contributed by atoms with E-state index >= 15 is 0 Å². The molecule has 2 unspecified atom stereocenters. The molecule has 1 fully saturated rings. The van der Waals surface area contributed by atoms with Crippen LogP contribution >= 0.6 is 15.9 Å². The summed E-state index contributed by atoms with van der Waals surface area (Å²) in [5.74, 6) is 0.744. The highest BCUT2D eigenvalue weighted by Crippen LogP contribution is 2.16. The van der Waals surface area contributed by atoms with Crippen molar-refractivity contribution in [2.45, 2.75) is 32.9 Å². The fourth-order valence-electron chi connectivity index (χ4n) is 2.45. The first-order valence-electron chi connectivity index (χ1n) is 6.74. The summed E-state index contributed by atoms with van der Waals surface area (Å²) in [6.45, 7) is 8.96. The van der Waals surface area contributed by atoms with Gasteiger partial charge in [-0.15, -0.1) is 0 Å². The highest BCUT2D eigenvalue weighted by Gasteiger charge is 2.23. The molecule has 1 aromatic rings. The van der Waals surface area contributed by atoms with Crippen molar-refractivity contribution in [1.29, 1.82) is 0 Å². The predicted molar refractivity (Wildman–Crippen MR) is 78.5 cm³/mol. The van der Waals surface area contributed by atoms with Crippen LogP contribution in [0.1, 0.15) is 25.8 Å². The van der Waals surface area contributed by atoms with Crippen LogP contribution in [0.3, 0.4) is 0 Å². The van der Waals surface area contributed by atoms with Crippen LogP contribution in [0.2, 0.25) is 0 Å². The van der Waals surface area contributed by atoms with E-state index in [-0.39, 0.29) is 0 Å². The van der Waals surface area contributed by atoms with Crippen molar-refractivity contribution < 1.29 is 0 Å². The van der Waals surface area contributed by atoms with Gasteiger partial charge in [0.1, 0.15) is 0 Å². The third-order valence-corrected chi connectivity index (χ3v) is 4.22. The summed E-state index contributed by atoms with van der Waals surface area (Å²) in [6, 6.07) is 2.79. The first-order chi connectivity index (χ1) is 8.69. The van der Waals surface area contributed by atoms with Gasteiger partial charge in [-0.3, -0.25) is 9.88 Å². The van der Waals surface area contributed by atoms with Gasteiger partial charge in [0.25, 0.3) is 0 Å². The third kappa shape index (κ3) is 3.77. The molecule has 1 aliphatic rings. The van der Waals surface area contributed by atoms with Crippen molar-refractivity contribution in [1.82, 2.24) is 15.2 Å². The molecule has 1 N–H and O–H groups in total. The Hall–Kier alpha value is -0.450. The van der Waals surface area contributed by atoms with Crippen molar-refractivity contribution in [2.75, 3.05) is 19.6 Å². The Morgan fingerprint density at radius 2 is 2.39 bits per heavy atom. The third-order valence-electron chi connectivity index (χ3n) is 3.79. The summed E-state index contributed by atoms with van der Waals surface area (Å²) in [7, 11) is 0. The average Bonchev–Trinajstić information content (AvgIpc) is 2.38.